The number of hydrogen-bond acceptors (Lipinski definition) is 7. The van der Waals surface area contributed by atoms with Crippen LogP contribution in [0.5, 0.6) is 28.7 Å². The maximum Gasteiger partial charge on any atom is 0.266 e. The van der Waals surface area contributed by atoms with Crippen LogP contribution in [0.3, 0.4) is 0 Å². The summed E-state index contributed by atoms with van der Waals surface area (Å²) >= 11 is 0. The van der Waals surface area contributed by atoms with Crippen molar-refractivity contribution in [2.24, 2.45) is 0 Å². The van der Waals surface area contributed by atoms with Crippen LogP contribution in [0.2, 0.25) is 0 Å². The Morgan fingerprint density at radius 1 is 0.742 bits per heavy atom. The number of nitrogens with zero attached hydrogens (tertiary/aromatic N) is 1. The molecule has 0 aliphatic heterocycles. The zero-order valence-corrected chi connectivity index (χ0v) is 17.9. The lowest BCUT2D eigenvalue weighted by atomic mass is 9.98. The van der Waals surface area contributed by atoms with Gasteiger partial charge in [-0.25, -0.2) is 0 Å². The van der Waals surface area contributed by atoms with E-state index in [0.717, 1.165) is 0 Å². The summed E-state index contributed by atoms with van der Waals surface area (Å²) in [6, 6.07) is 12.4. The molecule has 160 valence electrons. The first-order valence-corrected chi connectivity index (χ1v) is 9.21. The number of nitriles is 1. The third-order valence-electron chi connectivity index (χ3n) is 4.82. The number of ether oxygens (including phenoxy) is 5. The third-order valence-corrected chi connectivity index (χ3v) is 4.82. The van der Waals surface area contributed by atoms with Crippen molar-refractivity contribution in [3.05, 3.63) is 52.3 Å². The van der Waals surface area contributed by atoms with Crippen LogP contribution in [0.4, 0.5) is 0 Å². The summed E-state index contributed by atoms with van der Waals surface area (Å²) in [5.74, 6) is 2.31. The second-order valence-electron chi connectivity index (χ2n) is 6.40. The van der Waals surface area contributed by atoms with E-state index in [1.54, 1.807) is 43.5 Å². The molecule has 3 rings (SSSR count). The molecule has 0 amide bonds. The summed E-state index contributed by atoms with van der Waals surface area (Å²) in [4.78, 5) is 15.5. The highest BCUT2D eigenvalue weighted by atomic mass is 16.5. The molecule has 1 N–H and O–H groups in total. The molecule has 2 aromatic carbocycles. The Bertz CT molecular complexity index is 1180. The molecule has 1 heterocycles. The number of pyridine rings is 1. The van der Waals surface area contributed by atoms with E-state index in [9.17, 15) is 10.1 Å². The second kappa shape index (κ2) is 9.13. The highest BCUT2D eigenvalue weighted by Gasteiger charge is 2.19. The highest BCUT2D eigenvalue weighted by molar-refractivity contribution is 5.79. The monoisotopic (exact) mass is 422 g/mol. The Morgan fingerprint density at radius 2 is 1.32 bits per heavy atom. The van der Waals surface area contributed by atoms with E-state index in [0.29, 0.717) is 51.1 Å². The number of methoxy groups -OCH3 is 5. The first kappa shape index (κ1) is 21.6. The number of hydrogen-bond donors (Lipinski definition) is 1. The fraction of sp³-hybridized carbons (Fsp3) is 0.217. The van der Waals surface area contributed by atoms with Gasteiger partial charge in [0.1, 0.15) is 11.6 Å². The Hall–Kier alpha value is -4.12. The van der Waals surface area contributed by atoms with Crippen LogP contribution in [0.1, 0.15) is 5.56 Å². The maximum absolute atomic E-state index is 12.7. The first-order valence-electron chi connectivity index (χ1n) is 9.21. The van der Waals surface area contributed by atoms with Crippen LogP contribution in [-0.4, -0.2) is 40.5 Å². The van der Waals surface area contributed by atoms with Gasteiger partial charge >= 0.3 is 0 Å². The molecule has 0 radical (unpaired) electrons. The minimum Gasteiger partial charge on any atom is -0.493 e. The summed E-state index contributed by atoms with van der Waals surface area (Å²) in [5, 5.41) is 9.63. The molecule has 0 aliphatic carbocycles. The van der Waals surface area contributed by atoms with Crippen LogP contribution in [-0.2, 0) is 0 Å². The molecule has 31 heavy (non-hydrogen) atoms. The number of aromatic amines is 1. The molecule has 8 heteroatoms. The van der Waals surface area contributed by atoms with E-state index >= 15 is 0 Å². The first-order chi connectivity index (χ1) is 15.0. The lowest BCUT2D eigenvalue weighted by molar-refractivity contribution is 0.324. The lowest BCUT2D eigenvalue weighted by Gasteiger charge is -2.15. The fourth-order valence-electron chi connectivity index (χ4n) is 3.29. The number of nitrogens with one attached hydrogen (secondary N) is 1. The van der Waals surface area contributed by atoms with E-state index in [2.05, 4.69) is 4.98 Å². The van der Waals surface area contributed by atoms with Gasteiger partial charge in [0, 0.05) is 16.8 Å². The van der Waals surface area contributed by atoms with E-state index in [1.165, 1.54) is 28.4 Å². The third kappa shape index (κ3) is 3.98. The normalized spacial score (nSPS) is 10.2. The largest absolute Gasteiger partial charge is 0.493 e. The van der Waals surface area contributed by atoms with Crippen molar-refractivity contribution < 1.29 is 23.7 Å². The second-order valence-corrected chi connectivity index (χ2v) is 6.40. The van der Waals surface area contributed by atoms with Crippen LogP contribution in [0.15, 0.2) is 41.2 Å². The van der Waals surface area contributed by atoms with Crippen LogP contribution in [0, 0.1) is 11.3 Å². The number of rotatable bonds is 7. The van der Waals surface area contributed by atoms with Crippen molar-refractivity contribution in [1.82, 2.24) is 4.98 Å². The van der Waals surface area contributed by atoms with Crippen molar-refractivity contribution >= 4 is 0 Å². The Morgan fingerprint density at radius 3 is 1.84 bits per heavy atom. The smallest absolute Gasteiger partial charge is 0.266 e. The topological polar surface area (TPSA) is 103 Å². The summed E-state index contributed by atoms with van der Waals surface area (Å²) in [5.41, 5.74) is 1.65. The van der Waals surface area contributed by atoms with Crippen molar-refractivity contribution in [2.75, 3.05) is 35.5 Å². The molecule has 1 aromatic heterocycles. The van der Waals surface area contributed by atoms with Crippen LogP contribution >= 0.6 is 0 Å². The van der Waals surface area contributed by atoms with Crippen LogP contribution < -0.4 is 29.2 Å². The van der Waals surface area contributed by atoms with Gasteiger partial charge in [-0.1, -0.05) is 0 Å². The minimum absolute atomic E-state index is 0.0292. The van der Waals surface area contributed by atoms with Gasteiger partial charge in [-0.3, -0.25) is 4.79 Å². The van der Waals surface area contributed by atoms with Gasteiger partial charge in [0.2, 0.25) is 5.75 Å². The Balaban J connectivity index is 2.27. The van der Waals surface area contributed by atoms with Gasteiger partial charge in [0.05, 0.1) is 35.5 Å². The van der Waals surface area contributed by atoms with Crippen molar-refractivity contribution in [2.45, 2.75) is 0 Å². The quantitative estimate of drug-likeness (QED) is 0.620. The predicted molar refractivity (Wildman–Crippen MR) is 115 cm³/mol. The molecule has 8 nitrogen and oxygen atoms in total. The lowest BCUT2D eigenvalue weighted by Crippen LogP contribution is -2.13. The standard InChI is InChI=1S/C23H22N2O6/c1-27-18-7-6-13(8-19(18)28-2)17-11-15(16(12-24)23(26)25-17)14-9-20(29-3)22(31-5)21(10-14)30-4/h6-11H,1-5H3,(H,25,26). The molecule has 0 unspecified atom stereocenters. The zero-order chi connectivity index (χ0) is 22.5. The molecular weight excluding hydrogens is 400 g/mol. The molecule has 0 aliphatic rings. The average Bonchev–Trinajstić information content (AvgIpc) is 2.81. The van der Waals surface area contributed by atoms with E-state index in [-0.39, 0.29) is 5.56 Å². The van der Waals surface area contributed by atoms with Gasteiger partial charge in [0.15, 0.2) is 23.0 Å². The van der Waals surface area contributed by atoms with Gasteiger partial charge < -0.3 is 28.7 Å². The molecule has 0 saturated carbocycles. The molecule has 3 aromatic rings. The minimum atomic E-state index is -0.515. The van der Waals surface area contributed by atoms with E-state index in [1.807, 2.05) is 6.07 Å². The van der Waals surface area contributed by atoms with Gasteiger partial charge in [-0.15, -0.1) is 0 Å². The molecule has 0 fully saturated rings. The number of H-pyrrole nitrogens is 1. The van der Waals surface area contributed by atoms with Crippen molar-refractivity contribution in [1.29, 1.82) is 5.26 Å². The fourth-order valence-corrected chi connectivity index (χ4v) is 3.29. The number of benzene rings is 2. The summed E-state index contributed by atoms with van der Waals surface area (Å²) < 4.78 is 26.8. The van der Waals surface area contributed by atoms with Gasteiger partial charge in [0.25, 0.3) is 5.56 Å². The zero-order valence-electron chi connectivity index (χ0n) is 17.9. The maximum atomic E-state index is 12.7. The highest BCUT2D eigenvalue weighted by Crippen LogP contribution is 2.42. The van der Waals surface area contributed by atoms with Crippen LogP contribution in [0.25, 0.3) is 22.4 Å². The molecule has 0 saturated heterocycles. The van der Waals surface area contributed by atoms with Gasteiger partial charge in [-0.2, -0.15) is 5.26 Å². The predicted octanol–water partition coefficient (Wildman–Crippen LogP) is 3.62. The summed E-state index contributed by atoms with van der Waals surface area (Å²) in [6.07, 6.45) is 0. The van der Waals surface area contributed by atoms with Gasteiger partial charge in [-0.05, 0) is 42.0 Å². The number of aromatic nitrogens is 1. The average molecular weight is 422 g/mol. The van der Waals surface area contributed by atoms with E-state index in [4.69, 9.17) is 23.7 Å². The van der Waals surface area contributed by atoms with Crippen molar-refractivity contribution in [3.8, 4) is 57.2 Å². The Labute approximate surface area is 179 Å². The summed E-state index contributed by atoms with van der Waals surface area (Å²) in [7, 11) is 7.58. The molecular formula is C23H22N2O6. The molecule has 0 bridgehead atoms. The SMILES string of the molecule is COc1ccc(-c2cc(-c3cc(OC)c(OC)c(OC)c3)c(C#N)c(=O)[nH]2)cc1OC. The van der Waals surface area contributed by atoms with E-state index < -0.39 is 5.56 Å². The molecule has 0 atom stereocenters. The Kier molecular flexibility index (Phi) is 6.36. The summed E-state index contributed by atoms with van der Waals surface area (Å²) in [6.45, 7) is 0. The molecule has 0 spiro atoms. The van der Waals surface area contributed by atoms with Crippen molar-refractivity contribution in [3.63, 3.8) is 0 Å².